The molecule has 64 valence electrons. The van der Waals surface area contributed by atoms with Crippen molar-refractivity contribution in [3.63, 3.8) is 0 Å². The van der Waals surface area contributed by atoms with E-state index in [1.165, 1.54) is 13.3 Å². The summed E-state index contributed by atoms with van der Waals surface area (Å²) in [5, 5.41) is 0. The summed E-state index contributed by atoms with van der Waals surface area (Å²) < 4.78 is 5.19. The van der Waals surface area contributed by atoms with Gasteiger partial charge in [0.1, 0.15) is 0 Å². The van der Waals surface area contributed by atoms with Crippen molar-refractivity contribution in [2.45, 2.75) is 0 Å². The zero-order valence-electron chi connectivity index (χ0n) is 6.37. The van der Waals surface area contributed by atoms with Gasteiger partial charge < -0.3 is 10.5 Å². The highest BCUT2D eigenvalue weighted by atomic mass is 79.9. The number of aromatic nitrogens is 1. The Morgan fingerprint density at radius 2 is 2.42 bits per heavy atom. The number of halogens is 1. The van der Waals surface area contributed by atoms with E-state index in [2.05, 4.69) is 25.7 Å². The van der Waals surface area contributed by atoms with Crippen LogP contribution in [0.15, 0.2) is 16.7 Å². The number of carbonyl (C=O) groups excluding carboxylic acids is 1. The van der Waals surface area contributed by atoms with E-state index < -0.39 is 5.97 Å². The van der Waals surface area contributed by atoms with Crippen molar-refractivity contribution in [1.29, 1.82) is 0 Å². The van der Waals surface area contributed by atoms with Crippen molar-refractivity contribution >= 4 is 27.6 Å². The zero-order chi connectivity index (χ0) is 9.14. The van der Waals surface area contributed by atoms with Gasteiger partial charge in [0, 0.05) is 10.7 Å². The van der Waals surface area contributed by atoms with Gasteiger partial charge in [-0.15, -0.1) is 0 Å². The lowest BCUT2D eigenvalue weighted by molar-refractivity contribution is 0.0595. The lowest BCUT2D eigenvalue weighted by Crippen LogP contribution is -2.07. The molecule has 0 aliphatic rings. The van der Waals surface area contributed by atoms with Gasteiger partial charge in [-0.05, 0) is 22.0 Å². The number of nitrogen functional groups attached to an aromatic ring is 1. The molecule has 0 saturated carbocycles. The molecule has 0 unspecified atom stereocenters. The van der Waals surface area contributed by atoms with Crippen molar-refractivity contribution in [1.82, 2.24) is 4.98 Å². The van der Waals surface area contributed by atoms with Gasteiger partial charge in [-0.3, -0.25) is 0 Å². The minimum absolute atomic E-state index is 0.140. The van der Waals surface area contributed by atoms with Crippen molar-refractivity contribution in [2.75, 3.05) is 12.8 Å². The quantitative estimate of drug-likeness (QED) is 0.737. The predicted molar refractivity (Wildman–Crippen MR) is 47.7 cm³/mol. The van der Waals surface area contributed by atoms with Gasteiger partial charge in [-0.1, -0.05) is 0 Å². The SMILES string of the molecule is COC(=O)c1ncc(Br)cc1N. The van der Waals surface area contributed by atoms with Crippen molar-refractivity contribution in [2.24, 2.45) is 0 Å². The van der Waals surface area contributed by atoms with Gasteiger partial charge in [0.05, 0.1) is 12.8 Å². The Morgan fingerprint density at radius 1 is 1.75 bits per heavy atom. The maximum Gasteiger partial charge on any atom is 0.358 e. The predicted octanol–water partition coefficient (Wildman–Crippen LogP) is 1.21. The number of rotatable bonds is 1. The number of hydrogen-bond donors (Lipinski definition) is 1. The Kier molecular flexibility index (Phi) is 2.65. The molecule has 0 saturated heterocycles. The molecule has 1 heterocycles. The number of anilines is 1. The van der Waals surface area contributed by atoms with Crippen molar-refractivity contribution < 1.29 is 9.53 Å². The molecule has 0 spiro atoms. The zero-order valence-corrected chi connectivity index (χ0v) is 7.96. The Labute approximate surface area is 77.9 Å². The Balaban J connectivity index is 3.09. The first kappa shape index (κ1) is 8.99. The largest absolute Gasteiger partial charge is 0.464 e. The lowest BCUT2D eigenvalue weighted by Gasteiger charge is -2.01. The van der Waals surface area contributed by atoms with Gasteiger partial charge in [-0.25, -0.2) is 9.78 Å². The number of esters is 1. The number of ether oxygens (including phenoxy) is 1. The number of pyridine rings is 1. The fourth-order valence-electron chi connectivity index (χ4n) is 0.722. The maximum absolute atomic E-state index is 11.0. The summed E-state index contributed by atoms with van der Waals surface area (Å²) in [5.74, 6) is -0.528. The van der Waals surface area contributed by atoms with Crippen LogP contribution < -0.4 is 5.73 Å². The molecule has 0 aliphatic heterocycles. The molecule has 1 aromatic heterocycles. The van der Waals surface area contributed by atoms with Crippen LogP contribution in [0, 0.1) is 0 Å². The van der Waals surface area contributed by atoms with Crippen molar-refractivity contribution in [3.05, 3.63) is 22.4 Å². The van der Waals surface area contributed by atoms with Crippen LogP contribution in [0.5, 0.6) is 0 Å². The lowest BCUT2D eigenvalue weighted by atomic mass is 10.3. The van der Waals surface area contributed by atoms with Gasteiger partial charge in [0.2, 0.25) is 0 Å². The van der Waals surface area contributed by atoms with Crippen LogP contribution in [-0.4, -0.2) is 18.1 Å². The van der Waals surface area contributed by atoms with E-state index in [9.17, 15) is 4.79 Å². The second-order valence-electron chi connectivity index (χ2n) is 2.08. The van der Waals surface area contributed by atoms with Gasteiger partial charge >= 0.3 is 5.97 Å². The van der Waals surface area contributed by atoms with E-state index in [1.54, 1.807) is 6.07 Å². The molecular weight excluding hydrogens is 224 g/mol. The number of carbonyl (C=O) groups is 1. The van der Waals surface area contributed by atoms with E-state index in [0.717, 1.165) is 4.47 Å². The third-order valence-corrected chi connectivity index (χ3v) is 1.70. The van der Waals surface area contributed by atoms with Crippen LogP contribution in [-0.2, 0) is 4.74 Å². The standard InChI is InChI=1S/C7H7BrN2O2/c1-12-7(11)6-5(9)2-4(8)3-10-6/h2-3H,9H2,1H3. The molecule has 0 aliphatic carbocycles. The molecule has 5 heteroatoms. The first-order valence-corrected chi connectivity index (χ1v) is 3.93. The first-order chi connectivity index (χ1) is 5.65. The molecular formula is C7H7BrN2O2. The number of methoxy groups -OCH3 is 1. The molecule has 4 nitrogen and oxygen atoms in total. The molecule has 0 bridgehead atoms. The van der Waals surface area contributed by atoms with Gasteiger partial charge in [0.15, 0.2) is 5.69 Å². The summed E-state index contributed by atoms with van der Waals surface area (Å²) in [6.07, 6.45) is 1.49. The van der Waals surface area contributed by atoms with Crippen molar-refractivity contribution in [3.8, 4) is 0 Å². The second-order valence-corrected chi connectivity index (χ2v) is 3.00. The molecule has 0 aromatic carbocycles. The third kappa shape index (κ3) is 1.73. The maximum atomic E-state index is 11.0. The average Bonchev–Trinajstić information content (AvgIpc) is 2.03. The number of hydrogen-bond acceptors (Lipinski definition) is 4. The minimum atomic E-state index is -0.528. The molecule has 0 fully saturated rings. The molecule has 0 atom stereocenters. The van der Waals surface area contributed by atoms with Crippen LogP contribution in [0.4, 0.5) is 5.69 Å². The smallest absolute Gasteiger partial charge is 0.358 e. The second kappa shape index (κ2) is 3.53. The van der Waals surface area contributed by atoms with E-state index in [1.807, 2.05) is 0 Å². The van der Waals surface area contributed by atoms with Crippen LogP contribution in [0.3, 0.4) is 0 Å². The van der Waals surface area contributed by atoms with Gasteiger partial charge in [0.25, 0.3) is 0 Å². The normalized spacial score (nSPS) is 9.50. The molecule has 1 rings (SSSR count). The fraction of sp³-hybridized carbons (Fsp3) is 0.143. The molecule has 1 aromatic rings. The van der Waals surface area contributed by atoms with E-state index >= 15 is 0 Å². The fourth-order valence-corrected chi connectivity index (χ4v) is 1.07. The molecule has 2 N–H and O–H groups in total. The van der Waals surface area contributed by atoms with E-state index in [4.69, 9.17) is 5.73 Å². The highest BCUT2D eigenvalue weighted by Crippen LogP contribution is 2.15. The first-order valence-electron chi connectivity index (χ1n) is 3.14. The summed E-state index contributed by atoms with van der Waals surface area (Å²) in [7, 11) is 1.28. The number of nitrogens with zero attached hydrogens (tertiary/aromatic N) is 1. The molecule has 0 radical (unpaired) electrons. The van der Waals surface area contributed by atoms with Crippen LogP contribution in [0.25, 0.3) is 0 Å². The average molecular weight is 231 g/mol. The summed E-state index contributed by atoms with van der Waals surface area (Å²) >= 11 is 3.17. The Morgan fingerprint density at radius 3 is 2.92 bits per heavy atom. The highest BCUT2D eigenvalue weighted by Gasteiger charge is 2.10. The summed E-state index contributed by atoms with van der Waals surface area (Å²) in [5.41, 5.74) is 5.95. The summed E-state index contributed by atoms with van der Waals surface area (Å²) in [4.78, 5) is 14.8. The monoisotopic (exact) mass is 230 g/mol. The van der Waals surface area contributed by atoms with E-state index in [-0.39, 0.29) is 5.69 Å². The topological polar surface area (TPSA) is 65.2 Å². The summed E-state index contributed by atoms with van der Waals surface area (Å²) in [6.45, 7) is 0. The Bertz CT molecular complexity index is 314. The van der Waals surface area contributed by atoms with Crippen LogP contribution >= 0.6 is 15.9 Å². The third-order valence-electron chi connectivity index (χ3n) is 1.26. The van der Waals surface area contributed by atoms with Crippen LogP contribution in [0.2, 0.25) is 0 Å². The minimum Gasteiger partial charge on any atom is -0.464 e. The van der Waals surface area contributed by atoms with Crippen LogP contribution in [0.1, 0.15) is 10.5 Å². The number of nitrogens with two attached hydrogens (primary N) is 1. The summed E-state index contributed by atoms with van der Waals surface area (Å²) in [6, 6.07) is 1.60. The highest BCUT2D eigenvalue weighted by molar-refractivity contribution is 9.10. The van der Waals surface area contributed by atoms with Gasteiger partial charge in [-0.2, -0.15) is 0 Å². The molecule has 0 amide bonds. The Hall–Kier alpha value is -1.10. The van der Waals surface area contributed by atoms with E-state index in [0.29, 0.717) is 5.69 Å². The molecule has 12 heavy (non-hydrogen) atoms.